The van der Waals surface area contributed by atoms with Gasteiger partial charge in [-0.25, -0.2) is 0 Å². The van der Waals surface area contributed by atoms with Crippen LogP contribution in [0, 0.1) is 0 Å². The van der Waals surface area contributed by atoms with Crippen molar-refractivity contribution in [3.05, 3.63) is 21.3 Å². The molecule has 1 aromatic rings. The fraction of sp³-hybridized carbons (Fsp3) is 0.714. The smallest absolute Gasteiger partial charge is 0.0931 e. The van der Waals surface area contributed by atoms with Gasteiger partial charge in [0, 0.05) is 16.8 Å². The van der Waals surface area contributed by atoms with Crippen LogP contribution in [-0.4, -0.2) is 34.7 Å². The maximum absolute atomic E-state index is 10.6. The number of likely N-dealkylation sites (tertiary alicyclic amines) is 1. The molecule has 0 amide bonds. The van der Waals surface area contributed by atoms with Gasteiger partial charge in [-0.2, -0.15) is 0 Å². The molecule has 18 heavy (non-hydrogen) atoms. The summed E-state index contributed by atoms with van der Waals surface area (Å²) in [7, 11) is 0. The van der Waals surface area contributed by atoms with Crippen molar-refractivity contribution >= 4 is 22.9 Å². The maximum atomic E-state index is 10.6. The molecule has 1 N–H and O–H groups in total. The number of aliphatic hydroxyl groups is 1. The lowest BCUT2D eigenvalue weighted by molar-refractivity contribution is -0.0113. The van der Waals surface area contributed by atoms with E-state index in [1.807, 2.05) is 12.1 Å². The van der Waals surface area contributed by atoms with Crippen LogP contribution in [0.25, 0.3) is 0 Å². The molecule has 0 bridgehead atoms. The highest BCUT2D eigenvalue weighted by Crippen LogP contribution is 2.31. The molecular formula is C14H22ClNOS. The third-order valence-corrected chi connectivity index (χ3v) is 5.54. The Morgan fingerprint density at radius 2 is 2.11 bits per heavy atom. The van der Waals surface area contributed by atoms with Gasteiger partial charge in [-0.1, -0.05) is 18.5 Å². The quantitative estimate of drug-likeness (QED) is 0.895. The average molecular weight is 288 g/mol. The summed E-state index contributed by atoms with van der Waals surface area (Å²) in [6.07, 6.45) is 3.88. The van der Waals surface area contributed by atoms with Gasteiger partial charge < -0.3 is 5.11 Å². The topological polar surface area (TPSA) is 23.5 Å². The number of halogens is 1. The molecule has 4 heteroatoms. The molecule has 0 radical (unpaired) electrons. The molecule has 2 nitrogen and oxygen atoms in total. The number of hydrogen-bond donors (Lipinski definition) is 1. The number of aliphatic hydroxyl groups excluding tert-OH is 1. The monoisotopic (exact) mass is 287 g/mol. The molecule has 102 valence electrons. The molecule has 1 aliphatic rings. The number of thiophene rings is 1. The highest BCUT2D eigenvalue weighted by atomic mass is 35.5. The molecule has 1 aliphatic heterocycles. The van der Waals surface area contributed by atoms with E-state index >= 15 is 0 Å². The van der Waals surface area contributed by atoms with E-state index < -0.39 is 0 Å². The first kappa shape index (κ1) is 14.3. The fourth-order valence-electron chi connectivity index (χ4n) is 2.77. The Morgan fingerprint density at radius 3 is 2.61 bits per heavy atom. The van der Waals surface area contributed by atoms with Gasteiger partial charge in [-0.3, -0.25) is 4.90 Å². The maximum Gasteiger partial charge on any atom is 0.0931 e. The van der Waals surface area contributed by atoms with Crippen molar-refractivity contribution in [2.24, 2.45) is 0 Å². The first-order valence-corrected chi connectivity index (χ1v) is 7.93. The molecule has 1 aromatic heterocycles. The summed E-state index contributed by atoms with van der Waals surface area (Å²) in [5, 5.41) is 10.6. The number of nitrogens with zero attached hydrogens (tertiary/aromatic N) is 1. The van der Waals surface area contributed by atoms with Gasteiger partial charge in [-0.15, -0.1) is 11.3 Å². The molecule has 0 aromatic carbocycles. The summed E-state index contributed by atoms with van der Waals surface area (Å²) in [5.74, 6) is 0. The zero-order valence-corrected chi connectivity index (χ0v) is 12.7. The molecule has 1 saturated heterocycles. The molecule has 2 unspecified atom stereocenters. The molecular weight excluding hydrogens is 266 g/mol. The van der Waals surface area contributed by atoms with E-state index in [9.17, 15) is 5.11 Å². The van der Waals surface area contributed by atoms with Gasteiger partial charge in [0.05, 0.1) is 10.4 Å². The summed E-state index contributed by atoms with van der Waals surface area (Å²) < 4.78 is 0.802. The van der Waals surface area contributed by atoms with Crippen molar-refractivity contribution in [3.8, 4) is 0 Å². The first-order valence-electron chi connectivity index (χ1n) is 6.73. The third-order valence-electron chi connectivity index (χ3n) is 4.29. The standard InChI is InChI=1S/C14H22ClNOS/c1-3-14(2,16-8-4-5-9-16)12(17)10-11-6-7-13(15)18-11/h6-7,12,17H,3-5,8-10H2,1-2H3. The summed E-state index contributed by atoms with van der Waals surface area (Å²) in [5.41, 5.74) is -0.104. The lowest BCUT2D eigenvalue weighted by Crippen LogP contribution is -2.53. The second kappa shape index (κ2) is 5.91. The van der Waals surface area contributed by atoms with E-state index in [0.29, 0.717) is 6.42 Å². The lowest BCUT2D eigenvalue weighted by atomic mass is 9.87. The van der Waals surface area contributed by atoms with E-state index in [4.69, 9.17) is 11.6 Å². The van der Waals surface area contributed by atoms with Crippen LogP contribution < -0.4 is 0 Å². The van der Waals surface area contributed by atoms with Crippen LogP contribution in [0.1, 0.15) is 38.0 Å². The van der Waals surface area contributed by atoms with Crippen LogP contribution in [0.15, 0.2) is 12.1 Å². The molecule has 2 heterocycles. The van der Waals surface area contributed by atoms with Crippen molar-refractivity contribution in [2.45, 2.75) is 51.2 Å². The normalized spacial score (nSPS) is 22.0. The van der Waals surface area contributed by atoms with Gasteiger partial charge in [0.1, 0.15) is 0 Å². The molecule has 0 aliphatic carbocycles. The first-order chi connectivity index (χ1) is 8.56. The van der Waals surface area contributed by atoms with E-state index in [0.717, 1.165) is 23.8 Å². The summed E-state index contributed by atoms with van der Waals surface area (Å²) in [6.45, 7) is 6.60. The fourth-order valence-corrected chi connectivity index (χ4v) is 3.89. The highest BCUT2D eigenvalue weighted by Gasteiger charge is 2.38. The van der Waals surface area contributed by atoms with Crippen LogP contribution in [0.5, 0.6) is 0 Å². The zero-order chi connectivity index (χ0) is 13.2. The molecule has 2 atom stereocenters. The summed E-state index contributed by atoms with van der Waals surface area (Å²) in [4.78, 5) is 3.62. The minimum atomic E-state index is -0.324. The van der Waals surface area contributed by atoms with Gasteiger partial charge >= 0.3 is 0 Å². The van der Waals surface area contributed by atoms with Crippen LogP contribution in [0.4, 0.5) is 0 Å². The van der Waals surface area contributed by atoms with Crippen molar-refractivity contribution in [1.29, 1.82) is 0 Å². The molecule has 1 fully saturated rings. The van der Waals surface area contributed by atoms with Crippen molar-refractivity contribution in [1.82, 2.24) is 4.90 Å². The largest absolute Gasteiger partial charge is 0.391 e. The Kier molecular flexibility index (Phi) is 4.70. The van der Waals surface area contributed by atoms with Crippen molar-refractivity contribution in [3.63, 3.8) is 0 Å². The van der Waals surface area contributed by atoms with E-state index in [1.54, 1.807) is 11.3 Å². The average Bonchev–Trinajstić information content (AvgIpc) is 2.99. The summed E-state index contributed by atoms with van der Waals surface area (Å²) >= 11 is 7.52. The van der Waals surface area contributed by atoms with E-state index in [2.05, 4.69) is 18.7 Å². The Morgan fingerprint density at radius 1 is 1.44 bits per heavy atom. The van der Waals surface area contributed by atoms with Crippen molar-refractivity contribution in [2.75, 3.05) is 13.1 Å². The van der Waals surface area contributed by atoms with E-state index in [-0.39, 0.29) is 11.6 Å². The Bertz CT molecular complexity index is 389. The molecule has 2 rings (SSSR count). The second-order valence-electron chi connectivity index (χ2n) is 5.33. The van der Waals surface area contributed by atoms with Gasteiger partial charge in [0.25, 0.3) is 0 Å². The van der Waals surface area contributed by atoms with Crippen molar-refractivity contribution < 1.29 is 5.11 Å². The van der Waals surface area contributed by atoms with Gasteiger partial charge in [0.15, 0.2) is 0 Å². The van der Waals surface area contributed by atoms with Crippen LogP contribution in [-0.2, 0) is 6.42 Å². The SMILES string of the molecule is CCC(C)(C(O)Cc1ccc(Cl)s1)N1CCCC1. The Balaban J connectivity index is 2.06. The van der Waals surface area contributed by atoms with Gasteiger partial charge in [0.2, 0.25) is 0 Å². The van der Waals surface area contributed by atoms with Crippen LogP contribution in [0.3, 0.4) is 0 Å². The van der Waals surface area contributed by atoms with E-state index in [1.165, 1.54) is 17.7 Å². The molecule has 0 saturated carbocycles. The lowest BCUT2D eigenvalue weighted by Gasteiger charge is -2.42. The Hall–Kier alpha value is -0.0900. The number of rotatable bonds is 5. The minimum absolute atomic E-state index is 0.104. The minimum Gasteiger partial charge on any atom is -0.391 e. The predicted molar refractivity (Wildman–Crippen MR) is 78.5 cm³/mol. The number of hydrogen-bond acceptors (Lipinski definition) is 3. The van der Waals surface area contributed by atoms with Gasteiger partial charge in [-0.05, 0) is 51.4 Å². The van der Waals surface area contributed by atoms with Crippen LogP contribution >= 0.6 is 22.9 Å². The second-order valence-corrected chi connectivity index (χ2v) is 7.13. The zero-order valence-electron chi connectivity index (χ0n) is 11.2. The highest BCUT2D eigenvalue weighted by molar-refractivity contribution is 7.16. The predicted octanol–water partition coefficient (Wildman–Crippen LogP) is 3.57. The van der Waals surface area contributed by atoms with Crippen LogP contribution in [0.2, 0.25) is 4.34 Å². The third kappa shape index (κ3) is 2.90. The Labute approximate surface area is 119 Å². The molecule has 0 spiro atoms. The summed E-state index contributed by atoms with van der Waals surface area (Å²) in [6, 6.07) is 3.93.